The number of fused-ring (bicyclic) bond motifs is 1. The smallest absolute Gasteiger partial charge is 0.361 e. The largest absolute Gasteiger partial charge is 0.456 e. The highest BCUT2D eigenvalue weighted by Gasteiger charge is 2.50. The molecule has 2 heterocycles. The standard InChI is InChI=1S/C31H34N2O3/c1-20-9-13-26-24(16-20)25(18-32-26)28-27(29(34)35-19-23-6-4-3-5-7-23)33-30(36-28)31(14-15-31)17-21(2)8-10-22-11-12-22/h3-7,9,13,16,18,21-22,32H,8,10-12,14-15,17,19H2,1-2H3/t21-/m0/s1. The summed E-state index contributed by atoms with van der Waals surface area (Å²) in [5.41, 5.74) is 4.18. The molecular weight excluding hydrogens is 448 g/mol. The van der Waals surface area contributed by atoms with Gasteiger partial charge in [-0.2, -0.15) is 0 Å². The van der Waals surface area contributed by atoms with Crippen molar-refractivity contribution in [2.75, 3.05) is 0 Å². The molecule has 0 spiro atoms. The number of rotatable bonds is 10. The first kappa shape index (κ1) is 23.1. The highest BCUT2D eigenvalue weighted by Crippen LogP contribution is 2.54. The SMILES string of the molecule is Cc1ccc2[nH]cc(-c3oc(C4(C[C@@H](C)CCC5CC5)CC4)nc3C(=O)OCc3ccccc3)c2c1. The lowest BCUT2D eigenvalue weighted by Crippen LogP contribution is -2.13. The molecule has 5 heteroatoms. The minimum absolute atomic E-state index is 0.0578. The van der Waals surface area contributed by atoms with Gasteiger partial charge in [0.05, 0.1) is 0 Å². The van der Waals surface area contributed by atoms with Gasteiger partial charge in [0.2, 0.25) is 5.89 Å². The van der Waals surface area contributed by atoms with E-state index in [0.29, 0.717) is 17.6 Å². The maximum Gasteiger partial charge on any atom is 0.361 e. The van der Waals surface area contributed by atoms with Crippen molar-refractivity contribution in [1.82, 2.24) is 9.97 Å². The van der Waals surface area contributed by atoms with Crippen LogP contribution in [0.3, 0.4) is 0 Å². The van der Waals surface area contributed by atoms with Gasteiger partial charge in [-0.05, 0) is 55.7 Å². The molecule has 2 aliphatic rings. The molecule has 2 aromatic carbocycles. The second-order valence-corrected chi connectivity index (χ2v) is 11.1. The topological polar surface area (TPSA) is 68.1 Å². The van der Waals surface area contributed by atoms with E-state index >= 15 is 0 Å². The van der Waals surface area contributed by atoms with Gasteiger partial charge in [-0.25, -0.2) is 9.78 Å². The first-order valence-electron chi connectivity index (χ1n) is 13.3. The van der Waals surface area contributed by atoms with Gasteiger partial charge in [-0.3, -0.25) is 0 Å². The molecule has 2 aromatic heterocycles. The lowest BCUT2D eigenvalue weighted by Gasteiger charge is -2.17. The number of nitrogens with zero attached hydrogens (tertiary/aromatic N) is 1. The molecule has 0 amide bonds. The van der Waals surface area contributed by atoms with Crippen molar-refractivity contribution in [2.24, 2.45) is 11.8 Å². The third-order valence-electron chi connectivity index (χ3n) is 7.93. The fraction of sp³-hybridized carbons (Fsp3) is 0.419. The van der Waals surface area contributed by atoms with Gasteiger partial charge in [-0.1, -0.05) is 74.6 Å². The number of nitrogens with one attached hydrogen (secondary N) is 1. The minimum Gasteiger partial charge on any atom is -0.456 e. The van der Waals surface area contributed by atoms with Gasteiger partial charge in [0.25, 0.3) is 0 Å². The second-order valence-electron chi connectivity index (χ2n) is 11.1. The van der Waals surface area contributed by atoms with Gasteiger partial charge in [0.1, 0.15) is 6.61 Å². The Morgan fingerprint density at radius 1 is 1.19 bits per heavy atom. The minimum atomic E-state index is -0.441. The summed E-state index contributed by atoms with van der Waals surface area (Å²) >= 11 is 0. The van der Waals surface area contributed by atoms with E-state index in [-0.39, 0.29) is 17.7 Å². The number of hydrogen-bond donors (Lipinski definition) is 1. The Hall–Kier alpha value is -3.34. The lowest BCUT2D eigenvalue weighted by molar-refractivity contribution is 0.0467. The number of aromatic amines is 1. The molecule has 0 radical (unpaired) electrons. The van der Waals surface area contributed by atoms with Crippen molar-refractivity contribution in [3.05, 3.63) is 77.4 Å². The van der Waals surface area contributed by atoms with E-state index in [0.717, 1.165) is 52.8 Å². The lowest BCUT2D eigenvalue weighted by atomic mass is 9.89. The molecule has 2 aliphatic carbocycles. The van der Waals surface area contributed by atoms with Gasteiger partial charge in [-0.15, -0.1) is 0 Å². The monoisotopic (exact) mass is 482 g/mol. The second kappa shape index (κ2) is 9.27. The van der Waals surface area contributed by atoms with Crippen molar-refractivity contribution in [3.8, 4) is 11.3 Å². The van der Waals surface area contributed by atoms with Crippen LogP contribution in [-0.4, -0.2) is 15.9 Å². The van der Waals surface area contributed by atoms with Crippen LogP contribution in [0.2, 0.25) is 0 Å². The fourth-order valence-corrected chi connectivity index (χ4v) is 5.43. The molecule has 0 bridgehead atoms. The summed E-state index contributed by atoms with van der Waals surface area (Å²) < 4.78 is 12.2. The number of aryl methyl sites for hydroxylation is 1. The molecule has 4 aromatic rings. The molecule has 186 valence electrons. The number of H-pyrrole nitrogens is 1. The van der Waals surface area contributed by atoms with E-state index in [4.69, 9.17) is 14.1 Å². The van der Waals surface area contributed by atoms with E-state index in [2.05, 4.69) is 37.0 Å². The van der Waals surface area contributed by atoms with Crippen LogP contribution < -0.4 is 0 Å². The van der Waals surface area contributed by atoms with Crippen LogP contribution in [0.5, 0.6) is 0 Å². The van der Waals surface area contributed by atoms with Gasteiger partial charge in [0, 0.05) is 28.1 Å². The molecule has 0 saturated heterocycles. The Labute approximate surface area is 212 Å². The molecular formula is C31H34N2O3. The van der Waals surface area contributed by atoms with Crippen LogP contribution in [0.1, 0.15) is 79.4 Å². The molecule has 36 heavy (non-hydrogen) atoms. The number of ether oxygens (including phenoxy) is 1. The van der Waals surface area contributed by atoms with E-state index in [9.17, 15) is 4.79 Å². The third kappa shape index (κ3) is 4.71. The van der Waals surface area contributed by atoms with Crippen molar-refractivity contribution >= 4 is 16.9 Å². The molecule has 0 unspecified atom stereocenters. The first-order valence-corrected chi connectivity index (χ1v) is 13.3. The van der Waals surface area contributed by atoms with E-state index in [1.54, 1.807) is 0 Å². The highest BCUT2D eigenvalue weighted by atomic mass is 16.5. The summed E-state index contributed by atoms with van der Waals surface area (Å²) in [7, 11) is 0. The zero-order chi connectivity index (χ0) is 24.7. The Bertz CT molecular complexity index is 1380. The average molecular weight is 483 g/mol. The van der Waals surface area contributed by atoms with Gasteiger partial charge < -0.3 is 14.1 Å². The quantitative estimate of drug-likeness (QED) is 0.235. The molecule has 2 fully saturated rings. The number of aromatic nitrogens is 2. The third-order valence-corrected chi connectivity index (χ3v) is 7.93. The maximum atomic E-state index is 13.3. The number of oxazole rings is 1. The van der Waals surface area contributed by atoms with Crippen molar-refractivity contribution in [1.29, 1.82) is 0 Å². The highest BCUT2D eigenvalue weighted by molar-refractivity contribution is 6.01. The molecule has 6 rings (SSSR count). The molecule has 1 N–H and O–H groups in total. The summed E-state index contributed by atoms with van der Waals surface area (Å²) in [6.45, 7) is 4.63. The number of carbonyl (C=O) groups is 1. The van der Waals surface area contributed by atoms with Crippen LogP contribution in [-0.2, 0) is 16.8 Å². The number of hydrogen-bond acceptors (Lipinski definition) is 4. The Kier molecular flexibility index (Phi) is 5.94. The Morgan fingerprint density at radius 3 is 2.75 bits per heavy atom. The molecule has 0 aliphatic heterocycles. The van der Waals surface area contributed by atoms with Crippen LogP contribution in [0, 0.1) is 18.8 Å². The zero-order valence-electron chi connectivity index (χ0n) is 21.2. The predicted octanol–water partition coefficient (Wildman–Crippen LogP) is 7.74. The van der Waals surface area contributed by atoms with Crippen molar-refractivity contribution in [2.45, 2.75) is 70.8 Å². The van der Waals surface area contributed by atoms with Crippen LogP contribution in [0.15, 0.2) is 59.1 Å². The Balaban J connectivity index is 1.32. The first-order chi connectivity index (χ1) is 17.5. The zero-order valence-corrected chi connectivity index (χ0v) is 21.2. The Morgan fingerprint density at radius 2 is 2.00 bits per heavy atom. The average Bonchev–Trinajstić information content (AvgIpc) is 3.79. The van der Waals surface area contributed by atoms with Crippen LogP contribution in [0.4, 0.5) is 0 Å². The molecule has 2 saturated carbocycles. The van der Waals surface area contributed by atoms with Crippen LogP contribution in [0.25, 0.3) is 22.2 Å². The van der Waals surface area contributed by atoms with Gasteiger partial charge >= 0.3 is 5.97 Å². The predicted molar refractivity (Wildman–Crippen MR) is 141 cm³/mol. The fourth-order valence-electron chi connectivity index (χ4n) is 5.43. The normalized spacial score (nSPS) is 17.3. The van der Waals surface area contributed by atoms with Crippen LogP contribution >= 0.6 is 0 Å². The van der Waals surface area contributed by atoms with E-state index < -0.39 is 5.97 Å². The maximum absolute atomic E-state index is 13.3. The van der Waals surface area contributed by atoms with E-state index in [1.807, 2.05) is 36.5 Å². The van der Waals surface area contributed by atoms with Crippen molar-refractivity contribution < 1.29 is 13.9 Å². The molecule has 5 nitrogen and oxygen atoms in total. The summed E-state index contributed by atoms with van der Waals surface area (Å²) in [4.78, 5) is 21.5. The summed E-state index contributed by atoms with van der Waals surface area (Å²) in [5.74, 6) is 2.34. The number of esters is 1. The van der Waals surface area contributed by atoms with Crippen molar-refractivity contribution in [3.63, 3.8) is 0 Å². The molecule has 1 atom stereocenters. The van der Waals surface area contributed by atoms with Gasteiger partial charge in [0.15, 0.2) is 11.5 Å². The number of carbonyl (C=O) groups excluding carboxylic acids is 1. The number of benzene rings is 2. The summed E-state index contributed by atoms with van der Waals surface area (Å²) in [5, 5.41) is 1.03. The van der Waals surface area contributed by atoms with E-state index in [1.165, 1.54) is 25.7 Å². The summed E-state index contributed by atoms with van der Waals surface area (Å²) in [6.07, 6.45) is 10.5. The summed E-state index contributed by atoms with van der Waals surface area (Å²) in [6, 6.07) is 16.0.